The number of aromatic nitrogens is 2. The molecule has 0 aliphatic carbocycles. The van der Waals surface area contributed by atoms with Gasteiger partial charge in [-0.25, -0.2) is 9.59 Å². The SMILES string of the molecule is CCOC(=O)c1cn[nH]c1N/C=C(/C(=O)OC)c1ccccc1Cl. The highest BCUT2D eigenvalue weighted by Gasteiger charge is 2.17. The summed E-state index contributed by atoms with van der Waals surface area (Å²) in [7, 11) is 1.27. The monoisotopic (exact) mass is 349 g/mol. The van der Waals surface area contributed by atoms with Gasteiger partial charge in [0.25, 0.3) is 0 Å². The van der Waals surface area contributed by atoms with Crippen molar-refractivity contribution in [3.05, 3.63) is 52.8 Å². The summed E-state index contributed by atoms with van der Waals surface area (Å²) in [5, 5.41) is 9.66. The van der Waals surface area contributed by atoms with Gasteiger partial charge in [0.1, 0.15) is 11.4 Å². The second kappa shape index (κ2) is 8.16. The summed E-state index contributed by atoms with van der Waals surface area (Å²) in [6.07, 6.45) is 2.73. The topological polar surface area (TPSA) is 93.3 Å². The van der Waals surface area contributed by atoms with Gasteiger partial charge in [0, 0.05) is 16.8 Å². The largest absolute Gasteiger partial charge is 0.465 e. The van der Waals surface area contributed by atoms with Gasteiger partial charge < -0.3 is 14.8 Å². The van der Waals surface area contributed by atoms with E-state index >= 15 is 0 Å². The fourth-order valence-corrected chi connectivity index (χ4v) is 2.18. The molecule has 0 fully saturated rings. The Bertz CT molecular complexity index is 770. The van der Waals surface area contributed by atoms with Crippen molar-refractivity contribution in [1.82, 2.24) is 10.2 Å². The Labute approximate surface area is 143 Å². The number of carbonyl (C=O) groups excluding carboxylic acids is 2. The molecule has 0 aliphatic heterocycles. The molecule has 2 N–H and O–H groups in total. The molecule has 0 amide bonds. The number of esters is 2. The van der Waals surface area contributed by atoms with Crippen molar-refractivity contribution in [2.75, 3.05) is 19.0 Å². The van der Waals surface area contributed by atoms with E-state index in [9.17, 15) is 9.59 Å². The van der Waals surface area contributed by atoms with Gasteiger partial charge >= 0.3 is 11.9 Å². The number of anilines is 1. The molecule has 0 radical (unpaired) electrons. The van der Waals surface area contributed by atoms with Crippen LogP contribution in [0.15, 0.2) is 36.7 Å². The highest BCUT2D eigenvalue weighted by atomic mass is 35.5. The number of rotatable bonds is 6. The number of carbonyl (C=O) groups is 2. The molecule has 24 heavy (non-hydrogen) atoms. The van der Waals surface area contributed by atoms with Gasteiger partial charge in [-0.15, -0.1) is 0 Å². The Kier molecular flexibility index (Phi) is 5.97. The van der Waals surface area contributed by atoms with Crippen molar-refractivity contribution < 1.29 is 19.1 Å². The number of methoxy groups -OCH3 is 1. The molecule has 1 aromatic heterocycles. The highest BCUT2D eigenvalue weighted by molar-refractivity contribution is 6.34. The minimum absolute atomic E-state index is 0.201. The van der Waals surface area contributed by atoms with Crippen LogP contribution in [0.2, 0.25) is 5.02 Å². The van der Waals surface area contributed by atoms with E-state index in [1.165, 1.54) is 19.5 Å². The number of nitrogens with zero attached hydrogens (tertiary/aromatic N) is 1. The average molecular weight is 350 g/mol. The second-order valence-electron chi connectivity index (χ2n) is 4.55. The van der Waals surface area contributed by atoms with Crippen molar-refractivity contribution in [2.24, 2.45) is 0 Å². The van der Waals surface area contributed by atoms with Crippen LogP contribution in [-0.4, -0.2) is 35.9 Å². The molecule has 0 bridgehead atoms. The van der Waals surface area contributed by atoms with Crippen molar-refractivity contribution in [3.8, 4) is 0 Å². The summed E-state index contributed by atoms with van der Waals surface area (Å²) in [5.41, 5.74) is 0.916. The fourth-order valence-electron chi connectivity index (χ4n) is 1.94. The van der Waals surface area contributed by atoms with E-state index in [-0.39, 0.29) is 17.7 Å². The van der Waals surface area contributed by atoms with Gasteiger partial charge in [-0.05, 0) is 13.0 Å². The van der Waals surface area contributed by atoms with Gasteiger partial charge in [0.15, 0.2) is 0 Å². The molecular formula is C16H16ClN3O4. The standard InChI is InChI=1S/C16H16ClN3O4/c1-3-24-16(22)12-9-19-20-14(12)18-8-11(15(21)23-2)10-6-4-5-7-13(10)17/h4-9H,3H2,1-2H3,(H2,18,19,20)/b11-8+. The maximum absolute atomic E-state index is 12.0. The van der Waals surface area contributed by atoms with Crippen LogP contribution in [0, 0.1) is 0 Å². The minimum Gasteiger partial charge on any atom is -0.465 e. The van der Waals surface area contributed by atoms with Crippen molar-refractivity contribution in [1.29, 1.82) is 0 Å². The fraction of sp³-hybridized carbons (Fsp3) is 0.188. The normalized spacial score (nSPS) is 11.0. The summed E-state index contributed by atoms with van der Waals surface area (Å²) in [5.74, 6) is -0.811. The van der Waals surface area contributed by atoms with Gasteiger partial charge in [-0.1, -0.05) is 29.8 Å². The number of hydrogen-bond donors (Lipinski definition) is 2. The Morgan fingerprint density at radius 1 is 1.33 bits per heavy atom. The predicted octanol–water partition coefficient (Wildman–Crippen LogP) is 2.87. The smallest absolute Gasteiger partial charge is 0.343 e. The van der Waals surface area contributed by atoms with Crippen LogP contribution in [0.5, 0.6) is 0 Å². The minimum atomic E-state index is -0.576. The maximum atomic E-state index is 12.0. The first kappa shape index (κ1) is 17.6. The third kappa shape index (κ3) is 3.94. The third-order valence-electron chi connectivity index (χ3n) is 3.06. The van der Waals surface area contributed by atoms with E-state index in [4.69, 9.17) is 21.1 Å². The number of nitrogens with one attached hydrogen (secondary N) is 2. The van der Waals surface area contributed by atoms with Gasteiger partial charge in [0.2, 0.25) is 0 Å². The Morgan fingerprint density at radius 3 is 2.75 bits per heavy atom. The number of H-pyrrole nitrogens is 1. The van der Waals surface area contributed by atoms with Gasteiger partial charge in [-0.3, -0.25) is 5.10 Å². The van der Waals surface area contributed by atoms with E-state index in [1.54, 1.807) is 31.2 Å². The molecule has 7 nitrogen and oxygen atoms in total. The molecule has 126 valence electrons. The van der Waals surface area contributed by atoms with E-state index in [1.807, 2.05) is 0 Å². The third-order valence-corrected chi connectivity index (χ3v) is 3.39. The van der Waals surface area contributed by atoms with Crippen molar-refractivity contribution in [2.45, 2.75) is 6.92 Å². The Hall–Kier alpha value is -2.80. The number of benzene rings is 1. The summed E-state index contributed by atoms with van der Waals surface area (Å²) < 4.78 is 9.72. The lowest BCUT2D eigenvalue weighted by Gasteiger charge is -2.09. The summed E-state index contributed by atoms with van der Waals surface area (Å²) in [4.78, 5) is 23.9. The molecule has 0 saturated carbocycles. The average Bonchev–Trinajstić information content (AvgIpc) is 3.05. The molecule has 2 aromatic rings. The number of aromatic amines is 1. The van der Waals surface area contributed by atoms with Crippen LogP contribution in [0.25, 0.3) is 5.57 Å². The Morgan fingerprint density at radius 2 is 2.08 bits per heavy atom. The van der Waals surface area contributed by atoms with Crippen LogP contribution >= 0.6 is 11.6 Å². The highest BCUT2D eigenvalue weighted by Crippen LogP contribution is 2.25. The summed E-state index contributed by atoms with van der Waals surface area (Å²) in [6.45, 7) is 1.95. The van der Waals surface area contributed by atoms with Crippen LogP contribution in [-0.2, 0) is 14.3 Å². The zero-order valence-electron chi connectivity index (χ0n) is 13.1. The molecular weight excluding hydrogens is 334 g/mol. The number of ether oxygens (including phenoxy) is 2. The lowest BCUT2D eigenvalue weighted by molar-refractivity contribution is -0.133. The molecule has 0 atom stereocenters. The number of hydrogen-bond acceptors (Lipinski definition) is 6. The van der Waals surface area contributed by atoms with E-state index in [2.05, 4.69) is 15.5 Å². The molecule has 0 aliphatic rings. The maximum Gasteiger partial charge on any atom is 0.343 e. The molecule has 0 unspecified atom stereocenters. The van der Waals surface area contributed by atoms with Crippen molar-refractivity contribution >= 4 is 34.9 Å². The van der Waals surface area contributed by atoms with E-state index in [0.29, 0.717) is 16.4 Å². The zero-order valence-corrected chi connectivity index (χ0v) is 13.9. The van der Waals surface area contributed by atoms with E-state index in [0.717, 1.165) is 0 Å². The van der Waals surface area contributed by atoms with Crippen LogP contribution < -0.4 is 5.32 Å². The van der Waals surface area contributed by atoms with E-state index < -0.39 is 11.9 Å². The predicted molar refractivity (Wildman–Crippen MR) is 89.6 cm³/mol. The van der Waals surface area contributed by atoms with Gasteiger partial charge in [-0.2, -0.15) is 5.10 Å². The van der Waals surface area contributed by atoms with Crippen LogP contribution in [0.1, 0.15) is 22.8 Å². The second-order valence-corrected chi connectivity index (χ2v) is 4.96. The Balaban J connectivity index is 2.33. The van der Waals surface area contributed by atoms with Gasteiger partial charge in [0.05, 0.1) is 25.5 Å². The van der Waals surface area contributed by atoms with Crippen LogP contribution in [0.4, 0.5) is 5.82 Å². The molecule has 0 spiro atoms. The zero-order chi connectivity index (χ0) is 17.5. The van der Waals surface area contributed by atoms with Crippen molar-refractivity contribution in [3.63, 3.8) is 0 Å². The quantitative estimate of drug-likeness (QED) is 0.615. The van der Waals surface area contributed by atoms with Crippen LogP contribution in [0.3, 0.4) is 0 Å². The molecule has 1 aromatic carbocycles. The lowest BCUT2D eigenvalue weighted by atomic mass is 10.1. The first-order chi connectivity index (χ1) is 11.6. The lowest BCUT2D eigenvalue weighted by Crippen LogP contribution is -2.09. The first-order valence-electron chi connectivity index (χ1n) is 7.08. The molecule has 1 heterocycles. The molecule has 0 saturated heterocycles. The molecule has 8 heteroatoms. The first-order valence-corrected chi connectivity index (χ1v) is 7.46. The summed E-state index contributed by atoms with van der Waals surface area (Å²) >= 11 is 6.13. The summed E-state index contributed by atoms with van der Waals surface area (Å²) in [6, 6.07) is 6.85. The molecule has 2 rings (SSSR count). The number of halogens is 1.